The first-order valence-electron chi connectivity index (χ1n) is 7.82. The summed E-state index contributed by atoms with van der Waals surface area (Å²) in [5.41, 5.74) is 0. The second kappa shape index (κ2) is 6.01. The van der Waals surface area contributed by atoms with Crippen molar-refractivity contribution in [2.75, 3.05) is 38.6 Å². The zero-order chi connectivity index (χ0) is 13.2. The minimum absolute atomic E-state index is 0.406. The fraction of sp³-hybridized carbons (Fsp3) is 0.933. The third kappa shape index (κ3) is 3.08. The molecule has 3 rings (SSSR count). The Morgan fingerprint density at radius 3 is 2.47 bits per heavy atom. The van der Waals surface area contributed by atoms with Crippen LogP contribution < -0.4 is 0 Å². The minimum Gasteiger partial charge on any atom is -0.340 e. The van der Waals surface area contributed by atoms with Gasteiger partial charge in [0.1, 0.15) is 0 Å². The monoisotopic (exact) mass is 284 g/mol. The Balaban J connectivity index is 1.44. The van der Waals surface area contributed by atoms with Crippen molar-refractivity contribution < 1.29 is 4.79 Å². The molecule has 3 aliphatic rings. The lowest BCUT2D eigenvalue weighted by Gasteiger charge is -2.35. The Labute approximate surface area is 121 Å². The predicted octanol–water partition coefficient (Wildman–Crippen LogP) is 2.20. The molecule has 3 fully saturated rings. The highest BCUT2D eigenvalue weighted by atomic mass is 35.5. The van der Waals surface area contributed by atoms with E-state index in [0.717, 1.165) is 51.0 Å². The topological polar surface area (TPSA) is 23.6 Å². The standard InChI is InChI=1S/C15H25ClN2O/c16-3-4-17-5-7-18(8-6-17)15(19)11-14-10-12-1-2-13(14)9-12/h12-14H,1-11H2. The summed E-state index contributed by atoms with van der Waals surface area (Å²) in [7, 11) is 0. The summed E-state index contributed by atoms with van der Waals surface area (Å²) in [6.45, 7) is 4.74. The molecule has 1 heterocycles. The summed E-state index contributed by atoms with van der Waals surface area (Å²) in [4.78, 5) is 16.8. The molecule has 3 unspecified atom stereocenters. The number of carbonyl (C=O) groups is 1. The molecule has 4 heteroatoms. The van der Waals surface area contributed by atoms with Crippen LogP contribution in [0.3, 0.4) is 0 Å². The van der Waals surface area contributed by atoms with Crippen LogP contribution in [0, 0.1) is 17.8 Å². The first-order chi connectivity index (χ1) is 9.26. The average Bonchev–Trinajstić information content (AvgIpc) is 3.02. The first kappa shape index (κ1) is 13.7. The largest absolute Gasteiger partial charge is 0.340 e. The summed E-state index contributed by atoms with van der Waals surface area (Å²) >= 11 is 5.76. The molecule has 3 atom stereocenters. The number of hydrogen-bond donors (Lipinski definition) is 0. The number of alkyl halides is 1. The van der Waals surface area contributed by atoms with Crippen molar-refractivity contribution in [3.05, 3.63) is 0 Å². The van der Waals surface area contributed by atoms with Crippen molar-refractivity contribution in [3.8, 4) is 0 Å². The van der Waals surface area contributed by atoms with Crippen LogP contribution in [0.15, 0.2) is 0 Å². The highest BCUT2D eigenvalue weighted by Gasteiger charge is 2.40. The lowest BCUT2D eigenvalue weighted by Crippen LogP contribution is -2.49. The molecule has 0 N–H and O–H groups in total. The molecule has 0 aromatic carbocycles. The summed E-state index contributed by atoms with van der Waals surface area (Å²) in [5.74, 6) is 3.61. The smallest absolute Gasteiger partial charge is 0.222 e. The highest BCUT2D eigenvalue weighted by molar-refractivity contribution is 6.18. The van der Waals surface area contributed by atoms with E-state index in [2.05, 4.69) is 9.80 Å². The van der Waals surface area contributed by atoms with Gasteiger partial charge in [0, 0.05) is 45.0 Å². The molecule has 1 amide bonds. The normalized spacial score (nSPS) is 35.0. The van der Waals surface area contributed by atoms with E-state index in [-0.39, 0.29) is 0 Å². The zero-order valence-electron chi connectivity index (χ0n) is 11.7. The fourth-order valence-electron chi connectivity index (χ4n) is 4.32. The lowest BCUT2D eigenvalue weighted by atomic mass is 9.86. The van der Waals surface area contributed by atoms with E-state index in [1.165, 1.54) is 25.7 Å². The number of fused-ring (bicyclic) bond motifs is 2. The maximum absolute atomic E-state index is 12.4. The number of piperazine rings is 1. The highest BCUT2D eigenvalue weighted by Crippen LogP contribution is 2.49. The average molecular weight is 285 g/mol. The van der Waals surface area contributed by atoms with Gasteiger partial charge in [-0.15, -0.1) is 11.6 Å². The van der Waals surface area contributed by atoms with Crippen molar-refractivity contribution in [1.82, 2.24) is 9.80 Å². The molecule has 1 aliphatic heterocycles. The van der Waals surface area contributed by atoms with Crippen LogP contribution in [-0.2, 0) is 4.79 Å². The SMILES string of the molecule is O=C(CC1CC2CCC1C2)N1CCN(CCCl)CC1. The summed E-state index contributed by atoms with van der Waals surface area (Å²) < 4.78 is 0. The maximum Gasteiger partial charge on any atom is 0.222 e. The second-order valence-electron chi connectivity index (χ2n) is 6.55. The summed E-state index contributed by atoms with van der Waals surface area (Å²) in [6.07, 6.45) is 6.35. The van der Waals surface area contributed by atoms with Crippen molar-refractivity contribution in [2.45, 2.75) is 32.1 Å². The van der Waals surface area contributed by atoms with Crippen LogP contribution in [0.4, 0.5) is 0 Å². The molecule has 3 nitrogen and oxygen atoms in total. The van der Waals surface area contributed by atoms with Gasteiger partial charge in [-0.1, -0.05) is 6.42 Å². The maximum atomic E-state index is 12.4. The van der Waals surface area contributed by atoms with Gasteiger partial charge in [0.25, 0.3) is 0 Å². The van der Waals surface area contributed by atoms with Gasteiger partial charge in [0.15, 0.2) is 0 Å². The van der Waals surface area contributed by atoms with E-state index >= 15 is 0 Å². The molecule has 0 radical (unpaired) electrons. The molecular formula is C15H25ClN2O. The van der Waals surface area contributed by atoms with Crippen LogP contribution >= 0.6 is 11.6 Å². The van der Waals surface area contributed by atoms with E-state index in [1.54, 1.807) is 0 Å². The van der Waals surface area contributed by atoms with E-state index in [1.807, 2.05) is 0 Å². The molecule has 0 aromatic rings. The van der Waals surface area contributed by atoms with Crippen LogP contribution in [0.5, 0.6) is 0 Å². The number of hydrogen-bond acceptors (Lipinski definition) is 2. The molecule has 2 bridgehead atoms. The molecule has 2 saturated carbocycles. The molecule has 108 valence electrons. The Morgan fingerprint density at radius 1 is 1.11 bits per heavy atom. The van der Waals surface area contributed by atoms with Crippen LogP contribution in [-0.4, -0.2) is 54.3 Å². The molecule has 0 aromatic heterocycles. The molecule has 1 saturated heterocycles. The minimum atomic E-state index is 0.406. The van der Waals surface area contributed by atoms with Crippen LogP contribution in [0.1, 0.15) is 32.1 Å². The van der Waals surface area contributed by atoms with Crippen LogP contribution in [0.2, 0.25) is 0 Å². The van der Waals surface area contributed by atoms with Crippen molar-refractivity contribution in [3.63, 3.8) is 0 Å². The molecule has 2 aliphatic carbocycles. The Morgan fingerprint density at radius 2 is 1.89 bits per heavy atom. The quantitative estimate of drug-likeness (QED) is 0.739. The fourth-order valence-corrected chi connectivity index (χ4v) is 4.56. The summed E-state index contributed by atoms with van der Waals surface area (Å²) in [5, 5.41) is 0. The predicted molar refractivity (Wildman–Crippen MR) is 77.3 cm³/mol. The van der Waals surface area contributed by atoms with Crippen molar-refractivity contribution in [2.24, 2.45) is 17.8 Å². The lowest BCUT2D eigenvalue weighted by molar-refractivity contribution is -0.134. The molecular weight excluding hydrogens is 260 g/mol. The third-order valence-electron chi connectivity index (χ3n) is 5.45. The van der Waals surface area contributed by atoms with Gasteiger partial charge < -0.3 is 4.90 Å². The van der Waals surface area contributed by atoms with Gasteiger partial charge in [-0.3, -0.25) is 9.69 Å². The molecule has 19 heavy (non-hydrogen) atoms. The zero-order valence-corrected chi connectivity index (χ0v) is 12.4. The van der Waals surface area contributed by atoms with Gasteiger partial charge in [-0.25, -0.2) is 0 Å². The second-order valence-corrected chi connectivity index (χ2v) is 6.93. The van der Waals surface area contributed by atoms with E-state index in [4.69, 9.17) is 11.6 Å². The number of halogens is 1. The van der Waals surface area contributed by atoms with Gasteiger partial charge in [0.05, 0.1) is 0 Å². The van der Waals surface area contributed by atoms with Crippen LogP contribution in [0.25, 0.3) is 0 Å². The van der Waals surface area contributed by atoms with Gasteiger partial charge in [-0.2, -0.15) is 0 Å². The van der Waals surface area contributed by atoms with Crippen molar-refractivity contribution >= 4 is 17.5 Å². The van der Waals surface area contributed by atoms with E-state index < -0.39 is 0 Å². The number of rotatable bonds is 4. The number of carbonyl (C=O) groups excluding carboxylic acids is 1. The van der Waals surface area contributed by atoms with E-state index in [0.29, 0.717) is 17.7 Å². The van der Waals surface area contributed by atoms with Gasteiger partial charge in [0.2, 0.25) is 5.91 Å². The van der Waals surface area contributed by atoms with E-state index in [9.17, 15) is 4.79 Å². The first-order valence-corrected chi connectivity index (χ1v) is 8.36. The van der Waals surface area contributed by atoms with Crippen molar-refractivity contribution in [1.29, 1.82) is 0 Å². The van der Waals surface area contributed by atoms with Gasteiger partial charge in [-0.05, 0) is 37.0 Å². The number of amides is 1. The Kier molecular flexibility index (Phi) is 4.33. The third-order valence-corrected chi connectivity index (χ3v) is 5.62. The Hall–Kier alpha value is -0.280. The molecule has 0 spiro atoms. The van der Waals surface area contributed by atoms with Gasteiger partial charge >= 0.3 is 0 Å². The number of nitrogens with zero attached hydrogens (tertiary/aromatic N) is 2. The summed E-state index contributed by atoms with van der Waals surface area (Å²) in [6, 6.07) is 0. The Bertz CT molecular complexity index is 328.